The Morgan fingerprint density at radius 2 is 0.865 bits per heavy atom. The largest absolute Gasteiger partial charge is 3.00 e. The molecule has 7 aromatic rings. The predicted octanol–water partition coefficient (Wildman–Crippen LogP) is 12.5. The molecule has 0 amide bonds. The van der Waals surface area contributed by atoms with Crippen LogP contribution in [0.5, 0.6) is 0 Å². The molecule has 5 aliphatic rings. The van der Waals surface area contributed by atoms with Gasteiger partial charge < -0.3 is 20.3 Å². The molecule has 1 heteroatoms. The summed E-state index contributed by atoms with van der Waals surface area (Å²) in [4.78, 5) is 0. The summed E-state index contributed by atoms with van der Waals surface area (Å²) in [5, 5.41) is 0. The summed E-state index contributed by atoms with van der Waals surface area (Å²) in [6.07, 6.45) is 4.69. The van der Waals surface area contributed by atoms with Crippen LogP contribution in [0.25, 0.3) is 44.5 Å². The summed E-state index contributed by atoms with van der Waals surface area (Å²) in [6, 6.07) is 59.6. The molecular formula is C51H37Y. The zero-order valence-electron chi connectivity index (χ0n) is 29.3. The van der Waals surface area contributed by atoms with Gasteiger partial charge in [-0.3, -0.25) is 0 Å². The van der Waals surface area contributed by atoms with Crippen molar-refractivity contribution in [1.29, 1.82) is 0 Å². The summed E-state index contributed by atoms with van der Waals surface area (Å²) in [6.45, 7) is 6.75. The number of hydrogen-bond donors (Lipinski definition) is 0. The molecule has 52 heavy (non-hydrogen) atoms. The molecule has 7 aromatic carbocycles. The second kappa shape index (κ2) is 11.8. The van der Waals surface area contributed by atoms with Gasteiger partial charge in [0.25, 0.3) is 0 Å². The summed E-state index contributed by atoms with van der Waals surface area (Å²) < 4.78 is 0. The minimum atomic E-state index is -0.377. The topological polar surface area (TPSA) is 0 Å². The normalized spacial score (nSPS) is 16.2. The van der Waals surface area contributed by atoms with Crippen LogP contribution >= 0.6 is 0 Å². The molecule has 0 aliphatic heterocycles. The van der Waals surface area contributed by atoms with E-state index in [0.717, 1.165) is 6.42 Å². The molecule has 0 heterocycles. The molecule has 0 nitrogen and oxygen atoms in total. The Balaban J connectivity index is 0.000000820. The van der Waals surface area contributed by atoms with E-state index < -0.39 is 0 Å². The molecule has 0 atom stereocenters. The molecule has 244 valence electrons. The molecule has 0 radical (unpaired) electrons. The smallest absolute Gasteiger partial charge is 0.372 e. The summed E-state index contributed by atoms with van der Waals surface area (Å²) >= 11 is 0. The summed E-state index contributed by atoms with van der Waals surface area (Å²) in [7, 11) is 0. The van der Waals surface area contributed by atoms with Crippen molar-refractivity contribution < 1.29 is 32.7 Å². The summed E-state index contributed by atoms with van der Waals surface area (Å²) in [5.41, 5.74) is 22.9. The van der Waals surface area contributed by atoms with Gasteiger partial charge in [-0.1, -0.05) is 128 Å². The SMILES string of the molecule is [CH2-]C[CH2-].[Y+3].[c-]1ccc2c(c1)C1(c3ccccc3-c3ccccc31)c1cc3c(cc1-2)C1(c2ccccc2-c2ccccc21)c1cc(C2CCC2)ccc1-3. The maximum atomic E-state index is 3.52. The van der Waals surface area contributed by atoms with Gasteiger partial charge in [-0.15, -0.1) is 11.1 Å². The monoisotopic (exact) mass is 738 g/mol. The Morgan fingerprint density at radius 3 is 1.33 bits per heavy atom. The zero-order chi connectivity index (χ0) is 33.9. The maximum Gasteiger partial charge on any atom is 3.00 e. The van der Waals surface area contributed by atoms with Gasteiger partial charge >= 0.3 is 32.7 Å². The minimum absolute atomic E-state index is 0. The average molecular weight is 739 g/mol. The van der Waals surface area contributed by atoms with Crippen molar-refractivity contribution in [1.82, 2.24) is 0 Å². The van der Waals surface area contributed by atoms with Crippen LogP contribution < -0.4 is 0 Å². The molecule has 1 saturated carbocycles. The number of rotatable bonds is 1. The third-order valence-corrected chi connectivity index (χ3v) is 12.7. The van der Waals surface area contributed by atoms with E-state index in [1.54, 1.807) is 0 Å². The molecule has 0 aromatic heterocycles. The van der Waals surface area contributed by atoms with E-state index in [-0.39, 0.29) is 43.5 Å². The van der Waals surface area contributed by atoms with Gasteiger partial charge in [0.1, 0.15) is 0 Å². The van der Waals surface area contributed by atoms with Gasteiger partial charge in [0.2, 0.25) is 0 Å². The average Bonchev–Trinajstić information content (AvgIpc) is 3.82. The van der Waals surface area contributed by atoms with E-state index >= 15 is 0 Å². The van der Waals surface area contributed by atoms with E-state index in [2.05, 4.69) is 166 Å². The van der Waals surface area contributed by atoms with Crippen LogP contribution in [0.15, 0.2) is 146 Å². The third kappa shape index (κ3) is 3.85. The molecule has 5 aliphatic carbocycles. The third-order valence-electron chi connectivity index (χ3n) is 12.7. The van der Waals surface area contributed by atoms with Crippen molar-refractivity contribution in [2.45, 2.75) is 42.4 Å². The van der Waals surface area contributed by atoms with Crippen LogP contribution in [0, 0.1) is 19.9 Å². The van der Waals surface area contributed by atoms with Crippen molar-refractivity contribution >= 4 is 0 Å². The molecule has 12 rings (SSSR count). The zero-order valence-corrected chi connectivity index (χ0v) is 32.1. The molecule has 0 bridgehead atoms. The van der Waals surface area contributed by atoms with Crippen LogP contribution in [0.1, 0.15) is 81.7 Å². The second-order valence-corrected chi connectivity index (χ2v) is 14.9. The van der Waals surface area contributed by atoms with Crippen molar-refractivity contribution in [3.8, 4) is 44.5 Å². The summed E-state index contributed by atoms with van der Waals surface area (Å²) in [5.74, 6) is 0.672. The van der Waals surface area contributed by atoms with Crippen molar-refractivity contribution in [2.75, 3.05) is 0 Å². The fraction of sp³-hybridized carbons (Fsp3) is 0.137. The van der Waals surface area contributed by atoms with Gasteiger partial charge in [-0.05, 0) is 108 Å². The molecule has 0 saturated heterocycles. The Kier molecular flexibility index (Phi) is 7.35. The van der Waals surface area contributed by atoms with E-state index in [1.807, 2.05) is 0 Å². The van der Waals surface area contributed by atoms with Crippen LogP contribution in [0.2, 0.25) is 0 Å². The maximum absolute atomic E-state index is 3.52. The van der Waals surface area contributed by atoms with Gasteiger partial charge in [-0.2, -0.15) is 24.3 Å². The van der Waals surface area contributed by atoms with Crippen LogP contribution in [0.4, 0.5) is 0 Å². The van der Waals surface area contributed by atoms with Gasteiger partial charge in [0.05, 0.1) is 5.41 Å². The van der Waals surface area contributed by atoms with Gasteiger partial charge in [0.15, 0.2) is 0 Å². The van der Waals surface area contributed by atoms with E-state index in [0.29, 0.717) is 5.92 Å². The van der Waals surface area contributed by atoms with Gasteiger partial charge in [0, 0.05) is 5.41 Å². The minimum Gasteiger partial charge on any atom is -0.372 e. The molecule has 2 spiro atoms. The first-order valence-electron chi connectivity index (χ1n) is 18.5. The Labute approximate surface area is 332 Å². The predicted molar refractivity (Wildman–Crippen MR) is 210 cm³/mol. The van der Waals surface area contributed by atoms with E-state index in [1.165, 1.54) is 114 Å². The Morgan fingerprint density at radius 1 is 0.462 bits per heavy atom. The van der Waals surface area contributed by atoms with E-state index in [4.69, 9.17) is 0 Å². The first-order chi connectivity index (χ1) is 25.2. The number of hydrogen-bond acceptors (Lipinski definition) is 0. The number of fused-ring (bicyclic) bond motifs is 20. The fourth-order valence-electron chi connectivity index (χ4n) is 10.7. The molecule has 0 N–H and O–H groups in total. The fourth-order valence-corrected chi connectivity index (χ4v) is 10.7. The second-order valence-electron chi connectivity index (χ2n) is 14.9. The molecule has 1 fully saturated rings. The standard InChI is InChI=1S/C48H31.C3H6.Y/c1-6-19-39-31(14-1)32-15-2-7-20-40(32)47(39)43-23-10-5-18-35(43)37-27-46-38(28-45(37)47)36-25-24-30(29-12-11-13-29)26-44(36)48(46)41-21-8-3-16-33(41)34-17-4-9-22-42(34)48;1-3-2;/h1-9,14-29H,11-13H2;1-3H2;/q-1;-2;+3. The van der Waals surface area contributed by atoms with Crippen LogP contribution in [-0.4, -0.2) is 0 Å². The van der Waals surface area contributed by atoms with Gasteiger partial charge in [-0.25, -0.2) is 0 Å². The quantitative estimate of drug-likeness (QED) is 0.147. The Bertz CT molecular complexity index is 2490. The van der Waals surface area contributed by atoms with Crippen molar-refractivity contribution in [3.05, 3.63) is 216 Å². The number of benzene rings is 7. The first kappa shape index (κ1) is 32.3. The van der Waals surface area contributed by atoms with Crippen molar-refractivity contribution in [2.24, 2.45) is 0 Å². The van der Waals surface area contributed by atoms with Crippen LogP contribution in [-0.2, 0) is 43.5 Å². The molecule has 0 unspecified atom stereocenters. The van der Waals surface area contributed by atoms with E-state index in [9.17, 15) is 0 Å². The van der Waals surface area contributed by atoms with Crippen LogP contribution in [0.3, 0.4) is 0 Å². The van der Waals surface area contributed by atoms with Crippen molar-refractivity contribution in [3.63, 3.8) is 0 Å². The first-order valence-corrected chi connectivity index (χ1v) is 18.5. The Hall–Kier alpha value is -4.36. The molecular weight excluding hydrogens is 701 g/mol.